The van der Waals surface area contributed by atoms with Gasteiger partial charge in [-0.3, -0.25) is 0 Å². The predicted octanol–water partition coefficient (Wildman–Crippen LogP) is 3.03. The van der Waals surface area contributed by atoms with Gasteiger partial charge in [-0.25, -0.2) is 0 Å². The van der Waals surface area contributed by atoms with Crippen LogP contribution in [0.25, 0.3) is 0 Å². The minimum Gasteiger partial charge on any atom is -0.377 e. The number of para-hydroxylation sites is 1. The highest BCUT2D eigenvalue weighted by molar-refractivity contribution is 5.52. The first-order valence-corrected chi connectivity index (χ1v) is 6.17. The van der Waals surface area contributed by atoms with E-state index in [2.05, 4.69) is 62.4 Å². The van der Waals surface area contributed by atoms with Crippen LogP contribution in [0.1, 0.15) is 32.3 Å². The molecule has 0 aliphatic heterocycles. The summed E-state index contributed by atoms with van der Waals surface area (Å²) in [7, 11) is 4.19. The lowest BCUT2D eigenvalue weighted by Crippen LogP contribution is -2.27. The Morgan fingerprint density at radius 2 is 1.75 bits per heavy atom. The van der Waals surface area contributed by atoms with E-state index in [0.29, 0.717) is 6.04 Å². The van der Waals surface area contributed by atoms with E-state index in [9.17, 15) is 0 Å². The highest BCUT2D eigenvalue weighted by Crippen LogP contribution is 2.17. The van der Waals surface area contributed by atoms with Gasteiger partial charge in [0.25, 0.3) is 0 Å². The fraction of sp³-hybridized carbons (Fsp3) is 0.571. The number of rotatable bonds is 6. The van der Waals surface area contributed by atoms with E-state index in [4.69, 9.17) is 0 Å². The maximum atomic E-state index is 3.60. The third-order valence-corrected chi connectivity index (χ3v) is 3.04. The van der Waals surface area contributed by atoms with E-state index in [0.717, 1.165) is 6.54 Å². The summed E-state index contributed by atoms with van der Waals surface area (Å²) < 4.78 is 0. The van der Waals surface area contributed by atoms with E-state index in [1.165, 1.54) is 24.1 Å². The van der Waals surface area contributed by atoms with Crippen molar-refractivity contribution in [1.29, 1.82) is 0 Å². The Morgan fingerprint density at radius 3 is 2.31 bits per heavy atom. The Bertz CT molecular complexity index is 303. The molecule has 0 aromatic heterocycles. The van der Waals surface area contributed by atoms with Crippen molar-refractivity contribution in [2.45, 2.75) is 39.3 Å². The van der Waals surface area contributed by atoms with Crippen LogP contribution in [-0.4, -0.2) is 20.1 Å². The molecule has 0 atom stereocenters. The number of benzene rings is 1. The van der Waals surface area contributed by atoms with Gasteiger partial charge >= 0.3 is 0 Å². The first-order valence-electron chi connectivity index (χ1n) is 6.17. The zero-order chi connectivity index (χ0) is 12.0. The molecule has 0 saturated heterocycles. The number of nitrogens with zero attached hydrogens (tertiary/aromatic N) is 1. The molecule has 90 valence electrons. The van der Waals surface area contributed by atoms with Crippen molar-refractivity contribution < 1.29 is 0 Å². The van der Waals surface area contributed by atoms with Crippen LogP contribution in [0.5, 0.6) is 0 Å². The molecule has 0 aliphatic rings. The summed E-state index contributed by atoms with van der Waals surface area (Å²) >= 11 is 0. The van der Waals surface area contributed by atoms with Crippen molar-refractivity contribution in [2.75, 3.05) is 19.0 Å². The lowest BCUT2D eigenvalue weighted by Gasteiger charge is -2.20. The second-order valence-corrected chi connectivity index (χ2v) is 4.42. The lowest BCUT2D eigenvalue weighted by atomic mass is 10.1. The summed E-state index contributed by atoms with van der Waals surface area (Å²) in [5, 5.41) is 3.60. The highest BCUT2D eigenvalue weighted by Gasteiger charge is 2.06. The van der Waals surface area contributed by atoms with E-state index < -0.39 is 0 Å². The fourth-order valence-electron chi connectivity index (χ4n) is 1.93. The van der Waals surface area contributed by atoms with E-state index in [1.54, 1.807) is 0 Å². The van der Waals surface area contributed by atoms with Gasteiger partial charge < -0.3 is 10.2 Å². The molecule has 2 heteroatoms. The molecule has 0 radical (unpaired) electrons. The Labute approximate surface area is 99.7 Å². The van der Waals surface area contributed by atoms with Crippen LogP contribution in [0.15, 0.2) is 24.3 Å². The van der Waals surface area contributed by atoms with Gasteiger partial charge in [-0.05, 0) is 24.5 Å². The van der Waals surface area contributed by atoms with Crippen LogP contribution >= 0.6 is 0 Å². The number of nitrogens with one attached hydrogen (secondary N) is 1. The van der Waals surface area contributed by atoms with Gasteiger partial charge in [-0.15, -0.1) is 0 Å². The third-order valence-electron chi connectivity index (χ3n) is 3.04. The number of hydrogen-bond acceptors (Lipinski definition) is 2. The van der Waals surface area contributed by atoms with Crippen LogP contribution in [0, 0.1) is 0 Å². The molecular formula is C14H24N2. The third kappa shape index (κ3) is 3.53. The highest BCUT2D eigenvalue weighted by atomic mass is 15.1. The molecule has 0 saturated carbocycles. The SMILES string of the molecule is CCC(CC)NCc1ccccc1N(C)C. The molecule has 1 aromatic carbocycles. The summed E-state index contributed by atoms with van der Waals surface area (Å²) in [6, 6.07) is 9.21. The summed E-state index contributed by atoms with van der Waals surface area (Å²) in [6.45, 7) is 5.43. The molecule has 1 rings (SSSR count). The first-order chi connectivity index (χ1) is 7.69. The predicted molar refractivity (Wildman–Crippen MR) is 72.0 cm³/mol. The van der Waals surface area contributed by atoms with Crippen molar-refractivity contribution in [3.63, 3.8) is 0 Å². The average Bonchev–Trinajstić information content (AvgIpc) is 2.30. The molecule has 0 heterocycles. The Morgan fingerprint density at radius 1 is 1.12 bits per heavy atom. The zero-order valence-corrected chi connectivity index (χ0v) is 11.0. The topological polar surface area (TPSA) is 15.3 Å². The lowest BCUT2D eigenvalue weighted by molar-refractivity contribution is 0.484. The van der Waals surface area contributed by atoms with E-state index >= 15 is 0 Å². The monoisotopic (exact) mass is 220 g/mol. The van der Waals surface area contributed by atoms with Crippen molar-refractivity contribution in [1.82, 2.24) is 5.32 Å². The number of hydrogen-bond donors (Lipinski definition) is 1. The van der Waals surface area contributed by atoms with Gasteiger partial charge in [0.1, 0.15) is 0 Å². The van der Waals surface area contributed by atoms with Gasteiger partial charge in [-0.2, -0.15) is 0 Å². The van der Waals surface area contributed by atoms with Crippen molar-refractivity contribution in [3.8, 4) is 0 Å². The average molecular weight is 220 g/mol. The van der Waals surface area contributed by atoms with Crippen LogP contribution in [0.2, 0.25) is 0 Å². The maximum absolute atomic E-state index is 3.60. The summed E-state index contributed by atoms with van der Waals surface area (Å²) in [4.78, 5) is 2.17. The summed E-state index contributed by atoms with van der Waals surface area (Å²) in [6.07, 6.45) is 2.39. The zero-order valence-electron chi connectivity index (χ0n) is 11.0. The van der Waals surface area contributed by atoms with Crippen molar-refractivity contribution >= 4 is 5.69 Å². The standard InChI is InChI=1S/C14H24N2/c1-5-13(6-2)15-11-12-9-7-8-10-14(12)16(3)4/h7-10,13,15H,5-6,11H2,1-4H3. The summed E-state index contributed by atoms with van der Waals surface area (Å²) in [5.74, 6) is 0. The molecular weight excluding hydrogens is 196 g/mol. The van der Waals surface area contributed by atoms with Gasteiger partial charge in [0, 0.05) is 32.4 Å². The Hall–Kier alpha value is -1.02. The second-order valence-electron chi connectivity index (χ2n) is 4.42. The van der Waals surface area contributed by atoms with Crippen LogP contribution in [0.3, 0.4) is 0 Å². The molecule has 0 amide bonds. The fourth-order valence-corrected chi connectivity index (χ4v) is 1.93. The van der Waals surface area contributed by atoms with Gasteiger partial charge in [0.05, 0.1) is 0 Å². The Balaban J connectivity index is 2.66. The molecule has 0 unspecified atom stereocenters. The maximum Gasteiger partial charge on any atom is 0.0406 e. The molecule has 1 N–H and O–H groups in total. The Kier molecular flexibility index (Phi) is 5.33. The minimum absolute atomic E-state index is 0.634. The molecule has 1 aromatic rings. The van der Waals surface area contributed by atoms with Crippen molar-refractivity contribution in [2.24, 2.45) is 0 Å². The van der Waals surface area contributed by atoms with Crippen molar-refractivity contribution in [3.05, 3.63) is 29.8 Å². The van der Waals surface area contributed by atoms with Crippen LogP contribution < -0.4 is 10.2 Å². The van der Waals surface area contributed by atoms with Gasteiger partial charge in [0.2, 0.25) is 0 Å². The molecule has 0 aliphatic carbocycles. The minimum atomic E-state index is 0.634. The second kappa shape index (κ2) is 6.54. The molecule has 0 bridgehead atoms. The quantitative estimate of drug-likeness (QED) is 0.792. The normalized spacial score (nSPS) is 10.8. The van der Waals surface area contributed by atoms with E-state index in [1.807, 2.05) is 0 Å². The smallest absolute Gasteiger partial charge is 0.0406 e. The molecule has 0 spiro atoms. The largest absolute Gasteiger partial charge is 0.377 e. The van der Waals surface area contributed by atoms with Gasteiger partial charge in [0.15, 0.2) is 0 Å². The first kappa shape index (κ1) is 13.0. The van der Waals surface area contributed by atoms with Gasteiger partial charge in [-0.1, -0.05) is 32.0 Å². The molecule has 0 fully saturated rings. The van der Waals surface area contributed by atoms with Crippen LogP contribution in [0.4, 0.5) is 5.69 Å². The van der Waals surface area contributed by atoms with E-state index in [-0.39, 0.29) is 0 Å². The molecule has 2 nitrogen and oxygen atoms in total. The van der Waals surface area contributed by atoms with Crippen LogP contribution in [-0.2, 0) is 6.54 Å². The molecule has 16 heavy (non-hydrogen) atoms. The number of anilines is 1. The summed E-state index contributed by atoms with van der Waals surface area (Å²) in [5.41, 5.74) is 2.68.